The summed E-state index contributed by atoms with van der Waals surface area (Å²) in [6.45, 7) is 4.89. The molecule has 0 saturated carbocycles. The lowest BCUT2D eigenvalue weighted by molar-refractivity contribution is 0.170. The van der Waals surface area contributed by atoms with Gasteiger partial charge in [0.2, 0.25) is 5.88 Å². The van der Waals surface area contributed by atoms with E-state index in [1.807, 2.05) is 6.92 Å². The summed E-state index contributed by atoms with van der Waals surface area (Å²) in [5.41, 5.74) is 3.33. The van der Waals surface area contributed by atoms with Gasteiger partial charge < -0.3 is 14.9 Å². The zero-order valence-electron chi connectivity index (χ0n) is 9.91. The highest BCUT2D eigenvalue weighted by Crippen LogP contribution is 2.20. The Morgan fingerprint density at radius 2 is 2.00 bits per heavy atom. The number of hydrogen-bond acceptors (Lipinski definition) is 6. The maximum atomic E-state index is 5.54. The fourth-order valence-corrected chi connectivity index (χ4v) is 1.26. The summed E-state index contributed by atoms with van der Waals surface area (Å²) in [7, 11) is 1.66. The van der Waals surface area contributed by atoms with Crippen LogP contribution in [0.4, 0.5) is 5.82 Å². The van der Waals surface area contributed by atoms with Gasteiger partial charge in [0.15, 0.2) is 0 Å². The van der Waals surface area contributed by atoms with Crippen LogP contribution in [-0.4, -0.2) is 30.3 Å². The molecule has 0 saturated heterocycles. The third kappa shape index (κ3) is 3.32. The zero-order valence-corrected chi connectivity index (χ0v) is 9.91. The van der Waals surface area contributed by atoms with Crippen molar-refractivity contribution in [2.45, 2.75) is 20.3 Å². The van der Waals surface area contributed by atoms with E-state index < -0.39 is 0 Å². The molecule has 0 aromatic carbocycles. The molecule has 0 aliphatic rings. The smallest absolute Gasteiger partial charge is 0.221 e. The lowest BCUT2D eigenvalue weighted by atomic mass is 10.3. The highest BCUT2D eigenvalue weighted by atomic mass is 16.5. The van der Waals surface area contributed by atoms with Crippen molar-refractivity contribution in [3.63, 3.8) is 0 Å². The van der Waals surface area contributed by atoms with Crippen LogP contribution < -0.4 is 16.0 Å². The molecule has 0 bridgehead atoms. The van der Waals surface area contributed by atoms with Crippen LogP contribution in [0.2, 0.25) is 0 Å². The van der Waals surface area contributed by atoms with Gasteiger partial charge in [0.1, 0.15) is 11.6 Å². The minimum atomic E-state index is 0.565. The van der Waals surface area contributed by atoms with Crippen LogP contribution >= 0.6 is 0 Å². The van der Waals surface area contributed by atoms with Crippen LogP contribution in [0.15, 0.2) is 0 Å². The van der Waals surface area contributed by atoms with Crippen molar-refractivity contribution in [3.8, 4) is 5.88 Å². The summed E-state index contributed by atoms with van der Waals surface area (Å²) in [5, 5.41) is 0. The van der Waals surface area contributed by atoms with E-state index in [9.17, 15) is 0 Å². The molecule has 3 N–H and O–H groups in total. The van der Waals surface area contributed by atoms with Crippen LogP contribution in [0.5, 0.6) is 5.88 Å². The second kappa shape index (κ2) is 6.24. The predicted molar refractivity (Wildman–Crippen MR) is 61.3 cm³/mol. The SMILES string of the molecule is COCCCOc1nc(C)nc(NN)c1C. The Kier molecular flexibility index (Phi) is 4.94. The van der Waals surface area contributed by atoms with E-state index in [4.69, 9.17) is 15.3 Å². The monoisotopic (exact) mass is 226 g/mol. The van der Waals surface area contributed by atoms with Gasteiger partial charge in [-0.15, -0.1) is 0 Å². The first-order valence-corrected chi connectivity index (χ1v) is 5.12. The lowest BCUT2D eigenvalue weighted by Crippen LogP contribution is -2.13. The van der Waals surface area contributed by atoms with Gasteiger partial charge in [0.25, 0.3) is 0 Å². The topological polar surface area (TPSA) is 82.3 Å². The molecule has 0 aliphatic heterocycles. The Balaban J connectivity index is 2.67. The number of nitrogens with one attached hydrogen (secondary N) is 1. The molecule has 1 aromatic rings. The van der Waals surface area contributed by atoms with Crippen molar-refractivity contribution in [3.05, 3.63) is 11.4 Å². The molecule has 0 spiro atoms. The standard InChI is InChI=1S/C10H18N4O2/c1-7-9(14-11)12-8(2)13-10(7)16-6-4-5-15-3/h4-6,11H2,1-3H3,(H,12,13,14). The van der Waals surface area contributed by atoms with Crippen molar-refractivity contribution >= 4 is 5.82 Å². The molecule has 6 nitrogen and oxygen atoms in total. The normalized spacial score (nSPS) is 10.2. The van der Waals surface area contributed by atoms with E-state index in [-0.39, 0.29) is 0 Å². The third-order valence-electron chi connectivity index (χ3n) is 2.08. The van der Waals surface area contributed by atoms with Crippen LogP contribution in [0.1, 0.15) is 17.8 Å². The molecule has 1 aromatic heterocycles. The van der Waals surface area contributed by atoms with Gasteiger partial charge in [0.05, 0.1) is 12.2 Å². The van der Waals surface area contributed by atoms with Gasteiger partial charge in [-0.2, -0.15) is 4.98 Å². The minimum absolute atomic E-state index is 0.565. The summed E-state index contributed by atoms with van der Waals surface area (Å²) in [5.74, 6) is 7.13. The van der Waals surface area contributed by atoms with Gasteiger partial charge in [-0.05, 0) is 13.8 Å². The maximum Gasteiger partial charge on any atom is 0.221 e. The highest BCUT2D eigenvalue weighted by Gasteiger charge is 2.08. The van der Waals surface area contributed by atoms with E-state index in [0.717, 1.165) is 12.0 Å². The number of nitrogens with zero attached hydrogens (tertiary/aromatic N) is 2. The molecular weight excluding hydrogens is 208 g/mol. The minimum Gasteiger partial charge on any atom is -0.477 e. The molecule has 16 heavy (non-hydrogen) atoms. The van der Waals surface area contributed by atoms with Crippen LogP contribution in [0.25, 0.3) is 0 Å². The summed E-state index contributed by atoms with van der Waals surface area (Å²) in [4.78, 5) is 8.35. The van der Waals surface area contributed by atoms with Crippen molar-refractivity contribution in [2.75, 3.05) is 25.7 Å². The van der Waals surface area contributed by atoms with Gasteiger partial charge >= 0.3 is 0 Å². The van der Waals surface area contributed by atoms with Crippen molar-refractivity contribution in [2.24, 2.45) is 5.84 Å². The molecule has 0 atom stereocenters. The molecule has 6 heteroatoms. The number of aryl methyl sites for hydroxylation is 1. The van der Waals surface area contributed by atoms with Crippen molar-refractivity contribution in [1.82, 2.24) is 9.97 Å². The van der Waals surface area contributed by atoms with Crippen LogP contribution in [0.3, 0.4) is 0 Å². The number of anilines is 1. The summed E-state index contributed by atoms with van der Waals surface area (Å²) in [6, 6.07) is 0. The van der Waals surface area contributed by atoms with E-state index in [0.29, 0.717) is 30.7 Å². The molecule has 1 heterocycles. The molecule has 0 radical (unpaired) electrons. The third-order valence-corrected chi connectivity index (χ3v) is 2.08. The van der Waals surface area contributed by atoms with Crippen molar-refractivity contribution in [1.29, 1.82) is 0 Å². The quantitative estimate of drug-likeness (QED) is 0.424. The van der Waals surface area contributed by atoms with E-state index in [1.165, 1.54) is 0 Å². The molecule has 90 valence electrons. The maximum absolute atomic E-state index is 5.54. The molecule has 0 unspecified atom stereocenters. The lowest BCUT2D eigenvalue weighted by Gasteiger charge is -2.11. The summed E-state index contributed by atoms with van der Waals surface area (Å²) in [6.07, 6.45) is 0.824. The zero-order chi connectivity index (χ0) is 12.0. The Labute approximate surface area is 95.1 Å². The first-order chi connectivity index (χ1) is 7.69. The highest BCUT2D eigenvalue weighted by molar-refractivity contribution is 5.47. The molecule has 0 fully saturated rings. The average Bonchev–Trinajstić information content (AvgIpc) is 2.28. The number of methoxy groups -OCH3 is 1. The van der Waals surface area contributed by atoms with E-state index in [2.05, 4.69) is 15.4 Å². The van der Waals surface area contributed by atoms with Crippen LogP contribution in [-0.2, 0) is 4.74 Å². The fourth-order valence-electron chi connectivity index (χ4n) is 1.26. The number of ether oxygens (including phenoxy) is 2. The van der Waals surface area contributed by atoms with Gasteiger partial charge in [0, 0.05) is 20.1 Å². The van der Waals surface area contributed by atoms with Gasteiger partial charge in [-0.1, -0.05) is 0 Å². The Morgan fingerprint density at radius 1 is 1.25 bits per heavy atom. The first kappa shape index (κ1) is 12.7. The van der Waals surface area contributed by atoms with Gasteiger partial charge in [-0.3, -0.25) is 0 Å². The number of hydrazine groups is 1. The summed E-state index contributed by atoms with van der Waals surface area (Å²) >= 11 is 0. The number of nitrogens with two attached hydrogens (primary N) is 1. The number of nitrogen functional groups attached to an aromatic ring is 1. The molecule has 1 rings (SSSR count). The molecular formula is C10H18N4O2. The second-order valence-corrected chi connectivity index (χ2v) is 3.39. The fraction of sp³-hybridized carbons (Fsp3) is 0.600. The number of hydrogen-bond donors (Lipinski definition) is 2. The Bertz CT molecular complexity index is 344. The Hall–Kier alpha value is -1.40. The molecule has 0 amide bonds. The predicted octanol–water partition coefficient (Wildman–Crippen LogP) is 0.794. The first-order valence-electron chi connectivity index (χ1n) is 5.12. The molecule has 0 aliphatic carbocycles. The summed E-state index contributed by atoms with van der Waals surface area (Å²) < 4.78 is 10.5. The van der Waals surface area contributed by atoms with E-state index in [1.54, 1.807) is 14.0 Å². The van der Waals surface area contributed by atoms with Gasteiger partial charge in [-0.25, -0.2) is 10.8 Å². The number of aromatic nitrogens is 2. The second-order valence-electron chi connectivity index (χ2n) is 3.39. The number of rotatable bonds is 6. The van der Waals surface area contributed by atoms with E-state index >= 15 is 0 Å². The Morgan fingerprint density at radius 3 is 2.62 bits per heavy atom. The average molecular weight is 226 g/mol. The van der Waals surface area contributed by atoms with Crippen LogP contribution in [0, 0.1) is 13.8 Å². The largest absolute Gasteiger partial charge is 0.477 e. The van der Waals surface area contributed by atoms with Crippen molar-refractivity contribution < 1.29 is 9.47 Å².